The summed E-state index contributed by atoms with van der Waals surface area (Å²) in [6.45, 7) is 0. The van der Waals surface area contributed by atoms with Gasteiger partial charge in [-0.15, -0.1) is 20.4 Å². The van der Waals surface area contributed by atoms with Crippen molar-refractivity contribution in [3.63, 3.8) is 0 Å². The van der Waals surface area contributed by atoms with Gasteiger partial charge in [-0.2, -0.15) is 5.10 Å². The third-order valence-corrected chi connectivity index (χ3v) is 7.35. The number of carbonyl (C=O) groups is 1. The van der Waals surface area contributed by atoms with E-state index in [1.165, 1.54) is 21.6 Å². The molecular weight excluding hydrogens is 506 g/mol. The fraction of sp³-hybridized carbons (Fsp3) is 0.143. The van der Waals surface area contributed by atoms with Gasteiger partial charge in [0.1, 0.15) is 5.75 Å². The molecule has 0 fully saturated rings. The average Bonchev–Trinajstić information content (AvgIpc) is 3.48. The Hall–Kier alpha value is -3.62. The number of amides is 1. The third-order valence-electron chi connectivity index (χ3n) is 4.36. The van der Waals surface area contributed by atoms with Crippen LogP contribution >= 0.6 is 34.9 Å². The molecule has 0 saturated heterocycles. The van der Waals surface area contributed by atoms with Crippen molar-refractivity contribution >= 4 is 58.1 Å². The normalized spacial score (nSPS) is 11.0. The highest BCUT2D eigenvalue weighted by Gasteiger charge is 2.14. The second-order valence-electron chi connectivity index (χ2n) is 6.77. The molecule has 11 nitrogen and oxygen atoms in total. The minimum atomic E-state index is -0.252. The summed E-state index contributed by atoms with van der Waals surface area (Å²) in [6.07, 6.45) is 1.59. The Kier molecular flexibility index (Phi) is 8.53. The van der Waals surface area contributed by atoms with Gasteiger partial charge in [0, 0.05) is 11.3 Å². The number of ether oxygens (including phenoxy) is 1. The van der Waals surface area contributed by atoms with Crippen molar-refractivity contribution in [2.75, 3.05) is 29.4 Å². The van der Waals surface area contributed by atoms with Crippen molar-refractivity contribution in [2.24, 2.45) is 5.10 Å². The third kappa shape index (κ3) is 6.94. The standard InChI is InChI=1S/C21H21N9O2S3/c1-32-16-10-6-5-9-15(16)11-23-25-18-26-28-20(30(18)22)33-13-17(31)24-19-27-29-21(35-19)34-12-14-7-3-2-4-8-14/h2-11H,12-13,22H2,1H3,(H,25,26)(H,24,27,31)/b23-11+. The Balaban J connectivity index is 1.24. The van der Waals surface area contributed by atoms with Gasteiger partial charge in [-0.05, 0) is 17.7 Å². The van der Waals surface area contributed by atoms with Crippen LogP contribution in [0, 0.1) is 0 Å². The Bertz CT molecular complexity index is 1290. The van der Waals surface area contributed by atoms with E-state index in [9.17, 15) is 4.79 Å². The van der Waals surface area contributed by atoms with E-state index in [0.29, 0.717) is 16.0 Å². The van der Waals surface area contributed by atoms with Gasteiger partial charge in [-0.25, -0.2) is 10.1 Å². The molecule has 0 unspecified atom stereocenters. The summed E-state index contributed by atoms with van der Waals surface area (Å²) in [5.74, 6) is 7.53. The van der Waals surface area contributed by atoms with Gasteiger partial charge in [0.15, 0.2) is 4.34 Å². The molecule has 1 amide bonds. The summed E-state index contributed by atoms with van der Waals surface area (Å²) in [6, 6.07) is 17.5. The first-order chi connectivity index (χ1) is 17.1. The quantitative estimate of drug-likeness (QED) is 0.0873. The van der Waals surface area contributed by atoms with E-state index in [1.54, 1.807) is 25.1 Å². The molecule has 4 rings (SSSR count). The topological polar surface area (TPSA) is 145 Å². The predicted molar refractivity (Wildman–Crippen MR) is 140 cm³/mol. The summed E-state index contributed by atoms with van der Waals surface area (Å²) in [5, 5.41) is 23.7. The number of rotatable bonds is 11. The van der Waals surface area contributed by atoms with Gasteiger partial charge in [0.2, 0.25) is 16.2 Å². The summed E-state index contributed by atoms with van der Waals surface area (Å²) in [4.78, 5) is 12.3. The molecule has 2 aromatic carbocycles. The Morgan fingerprint density at radius 3 is 2.74 bits per heavy atom. The fourth-order valence-corrected chi connectivity index (χ4v) is 5.09. The lowest BCUT2D eigenvalue weighted by Crippen LogP contribution is -2.16. The molecule has 0 atom stereocenters. The van der Waals surface area contributed by atoms with Crippen LogP contribution in [0.2, 0.25) is 0 Å². The number of hydrogen-bond donors (Lipinski definition) is 3. The van der Waals surface area contributed by atoms with Gasteiger partial charge < -0.3 is 10.6 Å². The number of nitrogens with one attached hydrogen (secondary N) is 2. The number of carbonyl (C=O) groups excluding carboxylic acids is 1. The first-order valence-corrected chi connectivity index (χ1v) is 13.0. The number of nitrogen functional groups attached to an aromatic ring is 1. The van der Waals surface area contributed by atoms with Gasteiger partial charge in [-0.3, -0.25) is 10.1 Å². The molecule has 14 heteroatoms. The SMILES string of the molecule is COc1ccccc1/C=N/Nc1nnc(SCC(=O)Nc2nnc(SCc3ccccc3)s2)n1N. The maximum atomic E-state index is 12.3. The van der Waals surface area contributed by atoms with Crippen LogP contribution < -0.4 is 21.3 Å². The van der Waals surface area contributed by atoms with Crippen molar-refractivity contribution in [1.29, 1.82) is 0 Å². The van der Waals surface area contributed by atoms with Crippen LogP contribution in [0.15, 0.2) is 69.2 Å². The van der Waals surface area contributed by atoms with Gasteiger partial charge >= 0.3 is 0 Å². The van der Waals surface area contributed by atoms with E-state index in [1.807, 2.05) is 42.5 Å². The molecular formula is C21H21N9O2S3. The molecule has 0 bridgehead atoms. The molecule has 35 heavy (non-hydrogen) atoms. The number of aromatic nitrogens is 5. The summed E-state index contributed by atoms with van der Waals surface area (Å²) in [5.41, 5.74) is 4.71. The van der Waals surface area contributed by atoms with E-state index < -0.39 is 0 Å². The fourth-order valence-electron chi connectivity index (χ4n) is 2.71. The Morgan fingerprint density at radius 2 is 1.91 bits per heavy atom. The zero-order valence-corrected chi connectivity index (χ0v) is 20.9. The van der Waals surface area contributed by atoms with E-state index in [2.05, 4.69) is 48.4 Å². The van der Waals surface area contributed by atoms with Crippen LogP contribution in [0.1, 0.15) is 11.1 Å². The molecule has 0 saturated carbocycles. The number of anilines is 2. The molecule has 0 radical (unpaired) electrons. The van der Waals surface area contributed by atoms with E-state index in [-0.39, 0.29) is 17.6 Å². The lowest BCUT2D eigenvalue weighted by molar-refractivity contribution is -0.113. The molecule has 0 aliphatic heterocycles. The molecule has 0 aliphatic rings. The van der Waals surface area contributed by atoms with Crippen LogP contribution in [-0.4, -0.2) is 50.1 Å². The smallest absolute Gasteiger partial charge is 0.264 e. The molecule has 2 aromatic heterocycles. The number of hydrazone groups is 1. The lowest BCUT2D eigenvalue weighted by Gasteiger charge is -2.04. The first kappa shape index (κ1) is 24.5. The van der Waals surface area contributed by atoms with Crippen molar-refractivity contribution in [2.45, 2.75) is 15.2 Å². The molecule has 4 N–H and O–H groups in total. The van der Waals surface area contributed by atoms with Gasteiger partial charge in [0.05, 0.1) is 19.1 Å². The van der Waals surface area contributed by atoms with E-state index in [4.69, 9.17) is 10.6 Å². The van der Waals surface area contributed by atoms with Crippen LogP contribution in [-0.2, 0) is 10.5 Å². The van der Waals surface area contributed by atoms with Crippen molar-refractivity contribution in [3.05, 3.63) is 65.7 Å². The van der Waals surface area contributed by atoms with Gasteiger partial charge in [0.25, 0.3) is 5.95 Å². The second kappa shape index (κ2) is 12.2. The zero-order chi connectivity index (χ0) is 24.5. The Labute approximate surface area is 213 Å². The number of nitrogens with two attached hydrogens (primary N) is 1. The summed E-state index contributed by atoms with van der Waals surface area (Å²) in [7, 11) is 1.59. The lowest BCUT2D eigenvalue weighted by atomic mass is 10.2. The highest BCUT2D eigenvalue weighted by Crippen LogP contribution is 2.28. The average molecular weight is 528 g/mol. The minimum absolute atomic E-state index is 0.0753. The summed E-state index contributed by atoms with van der Waals surface area (Å²) >= 11 is 4.03. The highest BCUT2D eigenvalue weighted by atomic mass is 32.2. The maximum Gasteiger partial charge on any atom is 0.264 e. The van der Waals surface area contributed by atoms with Crippen LogP contribution in [0.25, 0.3) is 0 Å². The minimum Gasteiger partial charge on any atom is -0.496 e. The largest absolute Gasteiger partial charge is 0.496 e. The maximum absolute atomic E-state index is 12.3. The number of nitrogens with zero attached hydrogens (tertiary/aromatic N) is 6. The number of thioether (sulfide) groups is 2. The van der Waals surface area contributed by atoms with Crippen LogP contribution in [0.4, 0.5) is 11.1 Å². The van der Waals surface area contributed by atoms with E-state index >= 15 is 0 Å². The van der Waals surface area contributed by atoms with Crippen LogP contribution in [0.3, 0.4) is 0 Å². The Morgan fingerprint density at radius 1 is 1.11 bits per heavy atom. The number of para-hydroxylation sites is 1. The zero-order valence-electron chi connectivity index (χ0n) is 18.5. The molecule has 0 spiro atoms. The molecule has 2 heterocycles. The van der Waals surface area contributed by atoms with Crippen molar-refractivity contribution < 1.29 is 9.53 Å². The number of benzene rings is 2. The summed E-state index contributed by atoms with van der Waals surface area (Å²) < 4.78 is 7.28. The van der Waals surface area contributed by atoms with Gasteiger partial charge in [-0.1, -0.05) is 77.3 Å². The second-order valence-corrected chi connectivity index (χ2v) is 9.91. The van der Waals surface area contributed by atoms with Crippen molar-refractivity contribution in [3.8, 4) is 5.75 Å². The van der Waals surface area contributed by atoms with E-state index in [0.717, 1.165) is 27.4 Å². The predicted octanol–water partition coefficient (Wildman–Crippen LogP) is 3.32. The number of methoxy groups -OCH3 is 1. The number of hydrogen-bond acceptors (Lipinski definition) is 12. The first-order valence-electron chi connectivity index (χ1n) is 10.2. The molecule has 0 aliphatic carbocycles. The van der Waals surface area contributed by atoms with Crippen LogP contribution in [0.5, 0.6) is 5.75 Å². The molecule has 180 valence electrons. The molecule has 4 aromatic rings. The monoisotopic (exact) mass is 527 g/mol. The highest BCUT2D eigenvalue weighted by molar-refractivity contribution is 8.00. The van der Waals surface area contributed by atoms with Crippen molar-refractivity contribution in [1.82, 2.24) is 25.1 Å².